The highest BCUT2D eigenvalue weighted by Gasteiger charge is 2.35. The predicted octanol–water partition coefficient (Wildman–Crippen LogP) is 3.69. The number of carbonyl (C=O) groups excluding carboxylic acids is 2. The number of amides is 2. The van der Waals surface area contributed by atoms with Crippen LogP contribution < -0.4 is 15.0 Å². The summed E-state index contributed by atoms with van der Waals surface area (Å²) in [6.07, 6.45) is -0.810. The lowest BCUT2D eigenvalue weighted by molar-refractivity contribution is -0.127. The first kappa shape index (κ1) is 20.5. The minimum Gasteiger partial charge on any atom is -0.477 e. The molecule has 2 amide bonds. The second kappa shape index (κ2) is 8.63. The standard InChI is InChI=1S/C26H22N4O3/c1-27-25(31)24-17-29(21-14-8-9-15-23(21)33-24)26(32)22-16-20(18-10-4-2-5-11-18)28-30(22)19-12-6-3-7-13-19/h2-16,24H,17H2,1H3,(H,27,31)/t24-/m1/s1. The Morgan fingerprint density at radius 3 is 2.33 bits per heavy atom. The summed E-state index contributed by atoms with van der Waals surface area (Å²) in [6.45, 7) is 0.0934. The van der Waals surface area contributed by atoms with Gasteiger partial charge in [0, 0.05) is 12.6 Å². The van der Waals surface area contributed by atoms with Crippen LogP contribution in [0.1, 0.15) is 10.5 Å². The number of nitrogens with zero attached hydrogens (tertiary/aromatic N) is 3. The summed E-state index contributed by atoms with van der Waals surface area (Å²) in [4.78, 5) is 27.9. The topological polar surface area (TPSA) is 76.5 Å². The number of aromatic nitrogens is 2. The van der Waals surface area contributed by atoms with Crippen LogP contribution in [-0.4, -0.2) is 41.3 Å². The van der Waals surface area contributed by atoms with Crippen molar-refractivity contribution in [3.63, 3.8) is 0 Å². The van der Waals surface area contributed by atoms with E-state index in [1.54, 1.807) is 28.8 Å². The van der Waals surface area contributed by atoms with Crippen molar-refractivity contribution >= 4 is 17.5 Å². The molecule has 7 nitrogen and oxygen atoms in total. The van der Waals surface area contributed by atoms with Crippen molar-refractivity contribution < 1.29 is 14.3 Å². The lowest BCUT2D eigenvalue weighted by Gasteiger charge is -2.34. The molecule has 33 heavy (non-hydrogen) atoms. The van der Waals surface area contributed by atoms with Gasteiger partial charge in [0.1, 0.15) is 11.4 Å². The SMILES string of the molecule is CNC(=O)[C@H]1CN(C(=O)c2cc(-c3ccccc3)nn2-c2ccccc2)c2ccccc2O1. The molecule has 164 valence electrons. The third-order valence-corrected chi connectivity index (χ3v) is 5.56. The van der Waals surface area contributed by atoms with Gasteiger partial charge in [0.05, 0.1) is 23.6 Å². The van der Waals surface area contributed by atoms with Gasteiger partial charge < -0.3 is 10.1 Å². The van der Waals surface area contributed by atoms with Crippen molar-refractivity contribution in [1.29, 1.82) is 0 Å². The van der Waals surface area contributed by atoms with Crippen molar-refractivity contribution in [2.45, 2.75) is 6.10 Å². The summed E-state index contributed by atoms with van der Waals surface area (Å²) in [6, 6.07) is 28.3. The molecule has 0 aliphatic carbocycles. The lowest BCUT2D eigenvalue weighted by atomic mass is 10.1. The first-order chi connectivity index (χ1) is 16.2. The molecule has 0 saturated carbocycles. The second-order valence-corrected chi connectivity index (χ2v) is 7.63. The Morgan fingerprint density at radius 2 is 1.61 bits per heavy atom. The monoisotopic (exact) mass is 438 g/mol. The molecule has 0 unspecified atom stereocenters. The van der Waals surface area contributed by atoms with Crippen LogP contribution >= 0.6 is 0 Å². The molecule has 0 bridgehead atoms. The highest BCUT2D eigenvalue weighted by atomic mass is 16.5. The average Bonchev–Trinajstić information content (AvgIpc) is 3.34. The fraction of sp³-hybridized carbons (Fsp3) is 0.115. The molecule has 1 aliphatic rings. The quantitative estimate of drug-likeness (QED) is 0.527. The minimum absolute atomic E-state index is 0.0934. The number of fused-ring (bicyclic) bond motifs is 1. The Bertz CT molecular complexity index is 1300. The smallest absolute Gasteiger partial charge is 0.277 e. The molecule has 1 atom stereocenters. The number of hydrogen-bond acceptors (Lipinski definition) is 4. The molecule has 5 rings (SSSR count). The van der Waals surface area contributed by atoms with Crippen molar-refractivity contribution in [3.05, 3.63) is 96.7 Å². The summed E-state index contributed by atoms with van der Waals surface area (Å²) in [7, 11) is 1.55. The van der Waals surface area contributed by atoms with Gasteiger partial charge in [-0.2, -0.15) is 5.10 Å². The van der Waals surface area contributed by atoms with Crippen LogP contribution in [0, 0.1) is 0 Å². The van der Waals surface area contributed by atoms with Crippen LogP contribution in [0.3, 0.4) is 0 Å². The number of hydrogen-bond donors (Lipinski definition) is 1. The molecule has 4 aromatic rings. The van der Waals surface area contributed by atoms with E-state index >= 15 is 0 Å². The number of rotatable bonds is 4. The summed E-state index contributed by atoms with van der Waals surface area (Å²) in [5.41, 5.74) is 3.38. The fourth-order valence-electron chi connectivity index (χ4n) is 3.91. The number of carbonyl (C=O) groups is 2. The van der Waals surface area contributed by atoms with Crippen LogP contribution in [0.2, 0.25) is 0 Å². The molecule has 1 N–H and O–H groups in total. The maximum Gasteiger partial charge on any atom is 0.277 e. The summed E-state index contributed by atoms with van der Waals surface area (Å²) < 4.78 is 7.51. The van der Waals surface area contributed by atoms with E-state index in [4.69, 9.17) is 9.84 Å². The Kier molecular flexibility index (Phi) is 5.36. The fourth-order valence-corrected chi connectivity index (χ4v) is 3.91. The molecular formula is C26H22N4O3. The zero-order valence-corrected chi connectivity index (χ0v) is 18.0. The molecule has 2 heterocycles. The first-order valence-electron chi connectivity index (χ1n) is 10.7. The molecule has 1 aromatic heterocycles. The Labute approximate surface area is 191 Å². The predicted molar refractivity (Wildman–Crippen MR) is 126 cm³/mol. The largest absolute Gasteiger partial charge is 0.477 e. The van der Waals surface area contributed by atoms with E-state index in [0.29, 0.717) is 22.8 Å². The van der Waals surface area contributed by atoms with E-state index in [-0.39, 0.29) is 18.4 Å². The second-order valence-electron chi connectivity index (χ2n) is 7.63. The van der Waals surface area contributed by atoms with Gasteiger partial charge in [0.15, 0.2) is 6.10 Å². The zero-order valence-electron chi connectivity index (χ0n) is 18.0. The van der Waals surface area contributed by atoms with E-state index < -0.39 is 6.10 Å². The van der Waals surface area contributed by atoms with Crippen LogP contribution in [0.4, 0.5) is 5.69 Å². The van der Waals surface area contributed by atoms with Gasteiger partial charge >= 0.3 is 0 Å². The van der Waals surface area contributed by atoms with Crippen LogP contribution in [0.15, 0.2) is 91.0 Å². The van der Waals surface area contributed by atoms with E-state index in [2.05, 4.69) is 5.32 Å². The minimum atomic E-state index is -0.810. The number of para-hydroxylation sites is 3. The Balaban J connectivity index is 1.62. The Morgan fingerprint density at radius 1 is 0.939 bits per heavy atom. The van der Waals surface area contributed by atoms with Crippen LogP contribution in [0.5, 0.6) is 5.75 Å². The highest BCUT2D eigenvalue weighted by Crippen LogP contribution is 2.35. The number of nitrogens with one attached hydrogen (secondary N) is 1. The number of likely N-dealkylation sites (N-methyl/N-ethyl adjacent to an activating group) is 1. The third-order valence-electron chi connectivity index (χ3n) is 5.56. The van der Waals surface area contributed by atoms with Gasteiger partial charge in [0.2, 0.25) is 0 Å². The molecule has 0 saturated heterocycles. The molecule has 7 heteroatoms. The van der Waals surface area contributed by atoms with Gasteiger partial charge in [-0.05, 0) is 30.3 Å². The maximum absolute atomic E-state index is 13.9. The molecule has 3 aromatic carbocycles. The van der Waals surface area contributed by atoms with Crippen molar-refractivity contribution in [2.75, 3.05) is 18.5 Å². The van der Waals surface area contributed by atoms with E-state index in [0.717, 1.165) is 11.3 Å². The zero-order chi connectivity index (χ0) is 22.8. The molecular weight excluding hydrogens is 416 g/mol. The maximum atomic E-state index is 13.9. The van der Waals surface area contributed by atoms with Crippen LogP contribution in [0.25, 0.3) is 16.9 Å². The highest BCUT2D eigenvalue weighted by molar-refractivity contribution is 6.07. The summed E-state index contributed by atoms with van der Waals surface area (Å²) in [5, 5.41) is 7.36. The number of benzene rings is 3. The third kappa shape index (κ3) is 3.85. The number of ether oxygens (including phenoxy) is 1. The molecule has 0 spiro atoms. The van der Waals surface area contributed by atoms with Gasteiger partial charge in [-0.25, -0.2) is 4.68 Å². The first-order valence-corrected chi connectivity index (χ1v) is 10.7. The average molecular weight is 438 g/mol. The number of anilines is 1. The van der Waals surface area contributed by atoms with Gasteiger partial charge in [0.25, 0.3) is 11.8 Å². The van der Waals surface area contributed by atoms with Gasteiger partial charge in [-0.3, -0.25) is 14.5 Å². The summed E-state index contributed by atoms with van der Waals surface area (Å²) >= 11 is 0. The van der Waals surface area contributed by atoms with Crippen molar-refractivity contribution in [3.8, 4) is 22.7 Å². The molecule has 0 radical (unpaired) electrons. The lowest BCUT2D eigenvalue weighted by Crippen LogP contribution is -2.50. The molecule has 1 aliphatic heterocycles. The van der Waals surface area contributed by atoms with Gasteiger partial charge in [-0.15, -0.1) is 0 Å². The van der Waals surface area contributed by atoms with Crippen molar-refractivity contribution in [2.24, 2.45) is 0 Å². The van der Waals surface area contributed by atoms with E-state index in [1.807, 2.05) is 78.9 Å². The Hall–Kier alpha value is -4.39. The van der Waals surface area contributed by atoms with Gasteiger partial charge in [-0.1, -0.05) is 60.7 Å². The van der Waals surface area contributed by atoms with E-state index in [9.17, 15) is 9.59 Å². The normalized spacial score (nSPS) is 14.8. The molecule has 0 fully saturated rings. The van der Waals surface area contributed by atoms with E-state index in [1.165, 1.54) is 0 Å². The van der Waals surface area contributed by atoms with Crippen LogP contribution in [-0.2, 0) is 4.79 Å². The van der Waals surface area contributed by atoms with Crippen molar-refractivity contribution in [1.82, 2.24) is 15.1 Å². The summed E-state index contributed by atoms with van der Waals surface area (Å²) in [5.74, 6) is -0.0678.